The summed E-state index contributed by atoms with van der Waals surface area (Å²) in [6.45, 7) is 0. The van der Waals surface area contributed by atoms with Gasteiger partial charge in [0.2, 0.25) is 5.43 Å². The maximum atomic E-state index is 11.0. The minimum Gasteiger partial charge on any atom is -0.394 e. The summed E-state index contributed by atoms with van der Waals surface area (Å²) in [5.74, 6) is 0. The van der Waals surface area contributed by atoms with Crippen LogP contribution in [0.3, 0.4) is 0 Å². The summed E-state index contributed by atoms with van der Waals surface area (Å²) in [5.41, 5.74) is 5.78. The van der Waals surface area contributed by atoms with E-state index in [4.69, 9.17) is 5.73 Å². The van der Waals surface area contributed by atoms with Crippen molar-refractivity contribution in [1.82, 2.24) is 4.57 Å². The van der Waals surface area contributed by atoms with Crippen LogP contribution < -0.4 is 11.2 Å². The minimum absolute atomic E-state index is 0.0782. The van der Waals surface area contributed by atoms with E-state index in [2.05, 4.69) is 0 Å². The van der Waals surface area contributed by atoms with Crippen molar-refractivity contribution in [2.45, 2.75) is 25.3 Å². The van der Waals surface area contributed by atoms with Crippen LogP contribution in [0.1, 0.15) is 25.3 Å². The molecule has 3 heteroatoms. The third kappa shape index (κ3) is 1.11. The lowest BCUT2D eigenvalue weighted by molar-refractivity contribution is 0.312. The first-order valence-electron chi connectivity index (χ1n) is 4.24. The van der Waals surface area contributed by atoms with Crippen molar-refractivity contribution in [3.8, 4) is 0 Å². The summed E-state index contributed by atoms with van der Waals surface area (Å²) in [6.07, 6.45) is 7.27. The fourth-order valence-corrected chi connectivity index (χ4v) is 1.43. The number of rotatable bonds is 1. The van der Waals surface area contributed by atoms with Gasteiger partial charge in [-0.1, -0.05) is 0 Å². The highest BCUT2D eigenvalue weighted by Gasteiger charge is 2.18. The van der Waals surface area contributed by atoms with Gasteiger partial charge in [-0.3, -0.25) is 4.79 Å². The lowest BCUT2D eigenvalue weighted by Crippen LogP contribution is -2.19. The maximum Gasteiger partial charge on any atom is 0.204 e. The topological polar surface area (TPSA) is 48.0 Å². The van der Waals surface area contributed by atoms with Crippen LogP contribution in [-0.2, 0) is 0 Å². The molecule has 1 aliphatic carbocycles. The normalized spacial score (nSPS) is 17.3. The Bertz CT molecular complexity index is 339. The van der Waals surface area contributed by atoms with Gasteiger partial charge in [-0.05, 0) is 19.3 Å². The van der Waals surface area contributed by atoms with Crippen molar-refractivity contribution in [1.29, 1.82) is 0 Å². The van der Waals surface area contributed by atoms with E-state index < -0.39 is 0 Å². The van der Waals surface area contributed by atoms with Gasteiger partial charge in [-0.25, -0.2) is 0 Å². The third-order valence-electron chi connectivity index (χ3n) is 2.47. The number of hydrogen-bond donors (Lipinski definition) is 1. The van der Waals surface area contributed by atoms with Crippen LogP contribution in [0.5, 0.6) is 0 Å². The molecule has 0 amide bonds. The number of nitrogen functional groups attached to an aromatic ring is 1. The van der Waals surface area contributed by atoms with Crippen molar-refractivity contribution < 1.29 is 0 Å². The lowest BCUT2D eigenvalue weighted by atomic mass is 9.93. The molecule has 1 aromatic heterocycles. The molecule has 0 bridgehead atoms. The van der Waals surface area contributed by atoms with Gasteiger partial charge in [0, 0.05) is 24.5 Å². The minimum atomic E-state index is -0.0782. The Labute approximate surface area is 70.8 Å². The van der Waals surface area contributed by atoms with Crippen LogP contribution >= 0.6 is 0 Å². The molecule has 1 aliphatic rings. The Morgan fingerprint density at radius 1 is 1.50 bits per heavy atom. The first kappa shape index (κ1) is 7.40. The van der Waals surface area contributed by atoms with Gasteiger partial charge in [0.15, 0.2) is 0 Å². The highest BCUT2D eigenvalue weighted by atomic mass is 16.1. The number of aromatic nitrogens is 1. The van der Waals surface area contributed by atoms with Gasteiger partial charge in [-0.15, -0.1) is 0 Å². The molecule has 2 rings (SSSR count). The largest absolute Gasteiger partial charge is 0.394 e. The summed E-state index contributed by atoms with van der Waals surface area (Å²) in [7, 11) is 0. The van der Waals surface area contributed by atoms with Crippen molar-refractivity contribution >= 4 is 5.69 Å². The fourth-order valence-electron chi connectivity index (χ4n) is 1.43. The maximum absolute atomic E-state index is 11.0. The summed E-state index contributed by atoms with van der Waals surface area (Å²) in [5, 5.41) is 0. The van der Waals surface area contributed by atoms with E-state index in [1.165, 1.54) is 25.3 Å². The molecule has 0 unspecified atom stereocenters. The molecule has 2 N–H and O–H groups in total. The lowest BCUT2D eigenvalue weighted by Gasteiger charge is -2.28. The molecule has 0 radical (unpaired) electrons. The van der Waals surface area contributed by atoms with Crippen LogP contribution in [0.2, 0.25) is 0 Å². The van der Waals surface area contributed by atoms with Crippen LogP contribution in [-0.4, -0.2) is 4.57 Å². The van der Waals surface area contributed by atoms with E-state index in [0.717, 1.165) is 0 Å². The SMILES string of the molecule is Nc1cn(C2CCC2)ccc1=O. The summed E-state index contributed by atoms with van der Waals surface area (Å²) < 4.78 is 2.04. The summed E-state index contributed by atoms with van der Waals surface area (Å²) >= 11 is 0. The first-order valence-corrected chi connectivity index (χ1v) is 4.24. The average molecular weight is 164 g/mol. The summed E-state index contributed by atoms with van der Waals surface area (Å²) in [6, 6.07) is 2.11. The molecule has 12 heavy (non-hydrogen) atoms. The van der Waals surface area contributed by atoms with E-state index in [-0.39, 0.29) is 5.43 Å². The average Bonchev–Trinajstić information content (AvgIpc) is 1.93. The molecule has 1 fully saturated rings. The van der Waals surface area contributed by atoms with Crippen molar-refractivity contribution in [3.05, 3.63) is 28.7 Å². The molecule has 1 heterocycles. The molecule has 0 saturated heterocycles. The molecule has 1 saturated carbocycles. The Balaban J connectivity index is 2.33. The van der Waals surface area contributed by atoms with Gasteiger partial charge in [0.1, 0.15) is 0 Å². The Hall–Kier alpha value is -1.25. The first-order chi connectivity index (χ1) is 5.77. The van der Waals surface area contributed by atoms with E-state index in [9.17, 15) is 4.79 Å². The molecular weight excluding hydrogens is 152 g/mol. The molecular formula is C9H12N2O. The number of pyridine rings is 1. The van der Waals surface area contributed by atoms with Gasteiger partial charge < -0.3 is 10.3 Å². The number of anilines is 1. The molecule has 1 aromatic rings. The molecule has 0 aliphatic heterocycles. The van der Waals surface area contributed by atoms with Crippen molar-refractivity contribution in [2.75, 3.05) is 5.73 Å². The Morgan fingerprint density at radius 2 is 2.25 bits per heavy atom. The smallest absolute Gasteiger partial charge is 0.204 e. The number of nitrogens with zero attached hydrogens (tertiary/aromatic N) is 1. The van der Waals surface area contributed by atoms with Crippen LogP contribution in [0, 0.1) is 0 Å². The fraction of sp³-hybridized carbons (Fsp3) is 0.444. The predicted octanol–water partition coefficient (Wildman–Crippen LogP) is 1.16. The molecule has 64 valence electrons. The van der Waals surface area contributed by atoms with Crippen molar-refractivity contribution in [3.63, 3.8) is 0 Å². The van der Waals surface area contributed by atoms with Crippen LogP contribution in [0.15, 0.2) is 23.3 Å². The quantitative estimate of drug-likeness (QED) is 0.677. The molecule has 0 aromatic carbocycles. The summed E-state index contributed by atoms with van der Waals surface area (Å²) in [4.78, 5) is 11.0. The molecule has 3 nitrogen and oxygen atoms in total. The standard InChI is InChI=1S/C9H12N2O/c10-8-6-11(5-4-9(8)12)7-2-1-3-7/h4-7H,1-3,10H2. The Kier molecular flexibility index (Phi) is 1.64. The second kappa shape index (κ2) is 2.66. The third-order valence-corrected chi connectivity index (χ3v) is 2.47. The second-order valence-electron chi connectivity index (χ2n) is 3.30. The van der Waals surface area contributed by atoms with E-state index in [0.29, 0.717) is 11.7 Å². The van der Waals surface area contributed by atoms with E-state index >= 15 is 0 Å². The number of hydrogen-bond acceptors (Lipinski definition) is 2. The zero-order valence-electron chi connectivity index (χ0n) is 6.86. The highest BCUT2D eigenvalue weighted by Crippen LogP contribution is 2.30. The zero-order chi connectivity index (χ0) is 8.55. The second-order valence-corrected chi connectivity index (χ2v) is 3.30. The number of nitrogens with two attached hydrogens (primary N) is 1. The van der Waals surface area contributed by atoms with Gasteiger partial charge >= 0.3 is 0 Å². The van der Waals surface area contributed by atoms with Gasteiger partial charge in [0.05, 0.1) is 5.69 Å². The molecule has 0 atom stereocenters. The van der Waals surface area contributed by atoms with Gasteiger partial charge in [0.25, 0.3) is 0 Å². The van der Waals surface area contributed by atoms with E-state index in [1.807, 2.05) is 10.8 Å². The zero-order valence-corrected chi connectivity index (χ0v) is 6.86. The molecule has 0 spiro atoms. The van der Waals surface area contributed by atoms with Crippen LogP contribution in [0.4, 0.5) is 5.69 Å². The van der Waals surface area contributed by atoms with Crippen molar-refractivity contribution in [2.24, 2.45) is 0 Å². The van der Waals surface area contributed by atoms with E-state index in [1.54, 1.807) is 6.20 Å². The van der Waals surface area contributed by atoms with Crippen LogP contribution in [0.25, 0.3) is 0 Å². The Morgan fingerprint density at radius 3 is 2.75 bits per heavy atom. The van der Waals surface area contributed by atoms with Gasteiger partial charge in [-0.2, -0.15) is 0 Å². The highest BCUT2D eigenvalue weighted by molar-refractivity contribution is 5.33. The predicted molar refractivity (Wildman–Crippen MR) is 48.0 cm³/mol. The monoisotopic (exact) mass is 164 g/mol.